The minimum absolute atomic E-state index is 0.0906. The molecule has 4 rings (SSSR count). The minimum atomic E-state index is -0.0906. The number of carbonyl (C=O) groups excluding carboxylic acids is 1. The number of nitrogens with zero attached hydrogens (tertiary/aromatic N) is 4. The van der Waals surface area contributed by atoms with E-state index in [1.807, 2.05) is 41.0 Å². The van der Waals surface area contributed by atoms with Crippen molar-refractivity contribution >= 4 is 45.2 Å². The number of halogens is 1. The van der Waals surface area contributed by atoms with Gasteiger partial charge < -0.3 is 14.6 Å². The molecule has 9 heteroatoms. The molecule has 0 aliphatic carbocycles. The van der Waals surface area contributed by atoms with Crippen LogP contribution in [0, 0.1) is 0 Å². The molecule has 3 heterocycles. The molecular weight excluding hydrogens is 442 g/mol. The van der Waals surface area contributed by atoms with Crippen LogP contribution in [-0.2, 0) is 11.3 Å². The second-order valence-electron chi connectivity index (χ2n) is 6.46. The summed E-state index contributed by atoms with van der Waals surface area (Å²) in [5, 5.41) is 12.4. The minimum Gasteiger partial charge on any atom is -0.467 e. The van der Waals surface area contributed by atoms with E-state index in [1.165, 1.54) is 11.8 Å². The summed E-state index contributed by atoms with van der Waals surface area (Å²) in [6, 6.07) is 11.3. The number of aromatic nitrogens is 3. The fraction of sp³-hybridized carbons (Fsp3) is 0.316. The zero-order valence-corrected chi connectivity index (χ0v) is 17.6. The molecule has 0 bridgehead atoms. The number of hydrogen-bond acceptors (Lipinski definition) is 6. The zero-order chi connectivity index (χ0) is 19.3. The highest BCUT2D eigenvalue weighted by Gasteiger charge is 2.22. The average Bonchev–Trinajstić information content (AvgIpc) is 3.44. The van der Waals surface area contributed by atoms with Gasteiger partial charge in [-0.2, -0.15) is 0 Å². The summed E-state index contributed by atoms with van der Waals surface area (Å²) in [7, 11) is 0. The van der Waals surface area contributed by atoms with Gasteiger partial charge in [-0.3, -0.25) is 9.36 Å². The quantitative estimate of drug-likeness (QED) is 0.535. The van der Waals surface area contributed by atoms with Crippen LogP contribution >= 0.6 is 27.7 Å². The third-order valence-corrected chi connectivity index (χ3v) is 6.12. The number of carbonyl (C=O) groups is 1. The fourth-order valence-corrected chi connectivity index (χ4v) is 4.23. The molecule has 1 aliphatic heterocycles. The predicted octanol–water partition coefficient (Wildman–Crippen LogP) is 4.01. The molecule has 1 amide bonds. The van der Waals surface area contributed by atoms with Crippen LogP contribution in [-0.4, -0.2) is 39.5 Å². The average molecular weight is 462 g/mol. The summed E-state index contributed by atoms with van der Waals surface area (Å²) in [5.41, 5.74) is 0.753. The van der Waals surface area contributed by atoms with E-state index in [1.54, 1.807) is 6.26 Å². The Labute approximate surface area is 175 Å². The summed E-state index contributed by atoms with van der Waals surface area (Å²) in [4.78, 5) is 14.6. The zero-order valence-electron chi connectivity index (χ0n) is 15.2. The van der Waals surface area contributed by atoms with Crippen LogP contribution in [0.25, 0.3) is 0 Å². The number of rotatable bonds is 7. The number of para-hydroxylation sites is 1. The highest BCUT2D eigenvalue weighted by Crippen LogP contribution is 2.27. The Bertz CT molecular complexity index is 938. The number of amides is 1. The molecular formula is C19H20BrN5O2S. The Morgan fingerprint density at radius 3 is 2.75 bits per heavy atom. The van der Waals surface area contributed by atoms with E-state index in [0.29, 0.717) is 11.7 Å². The van der Waals surface area contributed by atoms with Gasteiger partial charge in [-0.1, -0.05) is 23.9 Å². The van der Waals surface area contributed by atoms with Gasteiger partial charge in [-0.05, 0) is 53.0 Å². The monoisotopic (exact) mass is 461 g/mol. The second kappa shape index (κ2) is 8.83. The molecule has 2 aromatic heterocycles. The number of thioether (sulfide) groups is 1. The van der Waals surface area contributed by atoms with Crippen LogP contribution in [0.15, 0.2) is 56.7 Å². The van der Waals surface area contributed by atoms with Crippen molar-refractivity contribution < 1.29 is 9.21 Å². The smallest absolute Gasteiger partial charge is 0.234 e. The maximum absolute atomic E-state index is 12.4. The van der Waals surface area contributed by atoms with E-state index in [0.717, 1.165) is 47.8 Å². The van der Waals surface area contributed by atoms with Crippen LogP contribution in [0.2, 0.25) is 0 Å². The van der Waals surface area contributed by atoms with E-state index >= 15 is 0 Å². The maximum atomic E-state index is 12.4. The van der Waals surface area contributed by atoms with Crippen molar-refractivity contribution in [2.24, 2.45) is 0 Å². The van der Waals surface area contributed by atoms with E-state index in [9.17, 15) is 4.79 Å². The SMILES string of the molecule is O=C(CSc1nnc(N2CCCC2)n1Cc1ccco1)Nc1ccccc1Br. The Morgan fingerprint density at radius 1 is 1.18 bits per heavy atom. The van der Waals surface area contributed by atoms with Crippen molar-refractivity contribution in [2.45, 2.75) is 24.5 Å². The van der Waals surface area contributed by atoms with Crippen LogP contribution in [0.5, 0.6) is 0 Å². The first kappa shape index (κ1) is 19.1. The second-order valence-corrected chi connectivity index (χ2v) is 8.26. The number of anilines is 2. The van der Waals surface area contributed by atoms with Crippen LogP contribution in [0.1, 0.15) is 18.6 Å². The van der Waals surface area contributed by atoms with E-state index in [4.69, 9.17) is 4.42 Å². The lowest BCUT2D eigenvalue weighted by atomic mass is 10.3. The number of nitrogens with one attached hydrogen (secondary N) is 1. The molecule has 1 aromatic carbocycles. The summed E-state index contributed by atoms with van der Waals surface area (Å²) >= 11 is 4.82. The largest absolute Gasteiger partial charge is 0.467 e. The third kappa shape index (κ3) is 4.41. The topological polar surface area (TPSA) is 76.2 Å². The molecule has 146 valence electrons. The first-order valence-corrected chi connectivity index (χ1v) is 10.9. The molecule has 1 aliphatic rings. The Kier molecular flexibility index (Phi) is 6.01. The van der Waals surface area contributed by atoms with Gasteiger partial charge in [0, 0.05) is 17.6 Å². The van der Waals surface area contributed by atoms with Crippen molar-refractivity contribution in [1.29, 1.82) is 0 Å². The number of benzene rings is 1. The Hall–Kier alpha value is -2.26. The molecule has 0 atom stereocenters. The van der Waals surface area contributed by atoms with Crippen LogP contribution in [0.4, 0.5) is 11.6 Å². The maximum Gasteiger partial charge on any atom is 0.234 e. The molecule has 3 aromatic rings. The molecule has 1 fully saturated rings. The molecule has 0 unspecified atom stereocenters. The first-order chi connectivity index (χ1) is 13.7. The van der Waals surface area contributed by atoms with Gasteiger partial charge in [-0.25, -0.2) is 0 Å². The van der Waals surface area contributed by atoms with Crippen molar-refractivity contribution in [3.8, 4) is 0 Å². The van der Waals surface area contributed by atoms with Gasteiger partial charge in [0.1, 0.15) is 5.76 Å². The van der Waals surface area contributed by atoms with Gasteiger partial charge in [0.25, 0.3) is 0 Å². The van der Waals surface area contributed by atoms with Gasteiger partial charge in [0.15, 0.2) is 5.16 Å². The van der Waals surface area contributed by atoms with Crippen molar-refractivity contribution in [1.82, 2.24) is 14.8 Å². The van der Waals surface area contributed by atoms with Gasteiger partial charge in [0.2, 0.25) is 11.9 Å². The Balaban J connectivity index is 1.47. The van der Waals surface area contributed by atoms with Crippen LogP contribution in [0.3, 0.4) is 0 Å². The molecule has 1 saturated heterocycles. The normalized spacial score (nSPS) is 13.8. The van der Waals surface area contributed by atoms with Gasteiger partial charge >= 0.3 is 0 Å². The number of hydrogen-bond donors (Lipinski definition) is 1. The molecule has 0 saturated carbocycles. The van der Waals surface area contributed by atoms with E-state index in [-0.39, 0.29) is 11.7 Å². The van der Waals surface area contributed by atoms with Crippen molar-refractivity contribution in [3.05, 3.63) is 52.9 Å². The third-order valence-electron chi connectivity index (χ3n) is 4.46. The molecule has 7 nitrogen and oxygen atoms in total. The number of furan rings is 1. The lowest BCUT2D eigenvalue weighted by Gasteiger charge is -2.17. The summed E-state index contributed by atoms with van der Waals surface area (Å²) in [5.74, 6) is 1.83. The van der Waals surface area contributed by atoms with Gasteiger partial charge in [0.05, 0.1) is 24.2 Å². The lowest BCUT2D eigenvalue weighted by Crippen LogP contribution is -2.22. The van der Waals surface area contributed by atoms with E-state index in [2.05, 4.69) is 36.3 Å². The summed E-state index contributed by atoms with van der Waals surface area (Å²) in [6.07, 6.45) is 3.97. The molecule has 1 N–H and O–H groups in total. The Morgan fingerprint density at radius 2 is 2.00 bits per heavy atom. The van der Waals surface area contributed by atoms with Crippen molar-refractivity contribution in [2.75, 3.05) is 29.1 Å². The molecule has 0 spiro atoms. The molecule has 0 radical (unpaired) electrons. The summed E-state index contributed by atoms with van der Waals surface area (Å²) in [6.45, 7) is 2.49. The molecule has 28 heavy (non-hydrogen) atoms. The van der Waals surface area contributed by atoms with Crippen molar-refractivity contribution in [3.63, 3.8) is 0 Å². The predicted molar refractivity (Wildman–Crippen MR) is 113 cm³/mol. The van der Waals surface area contributed by atoms with E-state index < -0.39 is 0 Å². The van der Waals surface area contributed by atoms with Gasteiger partial charge in [-0.15, -0.1) is 10.2 Å². The summed E-state index contributed by atoms with van der Waals surface area (Å²) < 4.78 is 8.39. The standard InChI is InChI=1S/C19H20BrN5O2S/c20-15-7-1-2-8-16(15)21-17(26)13-28-19-23-22-18(24-9-3-4-10-24)25(19)12-14-6-5-11-27-14/h1-2,5-8,11H,3-4,9-10,12-13H2,(H,21,26). The first-order valence-electron chi connectivity index (χ1n) is 9.08. The highest BCUT2D eigenvalue weighted by molar-refractivity contribution is 9.10. The highest BCUT2D eigenvalue weighted by atomic mass is 79.9. The van der Waals surface area contributed by atoms with Crippen LogP contribution < -0.4 is 10.2 Å². The fourth-order valence-electron chi connectivity index (χ4n) is 3.11. The lowest BCUT2D eigenvalue weighted by molar-refractivity contribution is -0.113.